The lowest BCUT2D eigenvalue weighted by atomic mass is 9.97. The molecule has 16 heavy (non-hydrogen) atoms. The second-order valence-electron chi connectivity index (χ2n) is 4.51. The maximum Gasteiger partial charge on any atom is 0.223 e. The summed E-state index contributed by atoms with van der Waals surface area (Å²) in [6, 6.07) is -0.181. The van der Waals surface area contributed by atoms with Crippen LogP contribution in [0.5, 0.6) is 0 Å². The molecule has 1 aliphatic carbocycles. The van der Waals surface area contributed by atoms with Crippen LogP contribution in [0.4, 0.5) is 0 Å². The zero-order chi connectivity index (χ0) is 11.5. The highest BCUT2D eigenvalue weighted by molar-refractivity contribution is 5.79. The minimum Gasteiger partial charge on any atom is -0.346 e. The van der Waals surface area contributed by atoms with Crippen LogP contribution in [0.2, 0.25) is 0 Å². The van der Waals surface area contributed by atoms with Gasteiger partial charge in [0.2, 0.25) is 5.91 Å². The Kier molecular flexibility index (Phi) is 3.17. The van der Waals surface area contributed by atoms with Crippen LogP contribution in [0, 0.1) is 11.8 Å². The molecule has 0 bridgehead atoms. The molecule has 0 aromatic carbocycles. The molecule has 3 unspecified atom stereocenters. The van der Waals surface area contributed by atoms with Gasteiger partial charge in [-0.2, -0.15) is 5.21 Å². The van der Waals surface area contributed by atoms with Crippen LogP contribution >= 0.6 is 0 Å². The highest BCUT2D eigenvalue weighted by Gasteiger charge is 2.30. The Morgan fingerprint density at radius 3 is 2.94 bits per heavy atom. The van der Waals surface area contributed by atoms with Gasteiger partial charge in [-0.05, 0) is 25.7 Å². The highest BCUT2D eigenvalue weighted by atomic mass is 16.2. The van der Waals surface area contributed by atoms with Crippen LogP contribution in [-0.2, 0) is 4.79 Å². The molecule has 0 saturated heterocycles. The number of aromatic nitrogens is 4. The van der Waals surface area contributed by atoms with Gasteiger partial charge in [0.1, 0.15) is 0 Å². The fraction of sp³-hybridized carbons (Fsp3) is 0.800. The Balaban J connectivity index is 1.92. The number of hydrogen-bond acceptors (Lipinski definition) is 4. The molecule has 3 atom stereocenters. The number of amides is 1. The van der Waals surface area contributed by atoms with Gasteiger partial charge >= 0.3 is 0 Å². The first kappa shape index (κ1) is 11.0. The molecular weight excluding hydrogens is 206 g/mol. The SMILES string of the molecule is CC(NC(=O)C1CCCC1C)c1nn[nH]n1. The largest absolute Gasteiger partial charge is 0.346 e. The number of carbonyl (C=O) groups is 1. The van der Waals surface area contributed by atoms with Crippen molar-refractivity contribution in [1.82, 2.24) is 25.9 Å². The Morgan fingerprint density at radius 2 is 2.38 bits per heavy atom. The van der Waals surface area contributed by atoms with Crippen molar-refractivity contribution in [3.05, 3.63) is 5.82 Å². The average molecular weight is 223 g/mol. The third-order valence-electron chi connectivity index (χ3n) is 3.31. The van der Waals surface area contributed by atoms with Gasteiger partial charge in [-0.3, -0.25) is 4.79 Å². The van der Waals surface area contributed by atoms with Gasteiger partial charge in [-0.15, -0.1) is 10.2 Å². The molecule has 0 aliphatic heterocycles. The summed E-state index contributed by atoms with van der Waals surface area (Å²) < 4.78 is 0. The predicted octanol–water partition coefficient (Wildman–Crippen LogP) is 0.813. The van der Waals surface area contributed by atoms with E-state index in [0.717, 1.165) is 19.3 Å². The molecule has 6 heteroatoms. The lowest BCUT2D eigenvalue weighted by molar-refractivity contribution is -0.126. The van der Waals surface area contributed by atoms with Crippen molar-refractivity contribution in [2.75, 3.05) is 0 Å². The topological polar surface area (TPSA) is 83.6 Å². The molecule has 1 amide bonds. The van der Waals surface area contributed by atoms with Crippen molar-refractivity contribution in [1.29, 1.82) is 0 Å². The number of carbonyl (C=O) groups excluding carboxylic acids is 1. The first-order valence-corrected chi connectivity index (χ1v) is 5.72. The summed E-state index contributed by atoms with van der Waals surface area (Å²) in [5.41, 5.74) is 0. The first-order valence-electron chi connectivity index (χ1n) is 5.72. The summed E-state index contributed by atoms with van der Waals surface area (Å²) >= 11 is 0. The van der Waals surface area contributed by atoms with E-state index in [1.807, 2.05) is 6.92 Å². The van der Waals surface area contributed by atoms with Crippen molar-refractivity contribution in [2.45, 2.75) is 39.2 Å². The van der Waals surface area contributed by atoms with Crippen LogP contribution in [0.25, 0.3) is 0 Å². The lowest BCUT2D eigenvalue weighted by Gasteiger charge is -2.17. The first-order chi connectivity index (χ1) is 7.68. The van der Waals surface area contributed by atoms with Crippen molar-refractivity contribution in [3.63, 3.8) is 0 Å². The Hall–Kier alpha value is -1.46. The van der Waals surface area contributed by atoms with E-state index in [2.05, 4.69) is 32.9 Å². The Labute approximate surface area is 94.2 Å². The molecule has 1 saturated carbocycles. The number of rotatable bonds is 3. The third-order valence-corrected chi connectivity index (χ3v) is 3.31. The van der Waals surface area contributed by atoms with Crippen molar-refractivity contribution in [3.8, 4) is 0 Å². The Bertz CT molecular complexity index is 350. The molecule has 2 N–H and O–H groups in total. The second kappa shape index (κ2) is 4.59. The van der Waals surface area contributed by atoms with Crippen LogP contribution in [0.15, 0.2) is 0 Å². The number of nitrogens with zero attached hydrogens (tertiary/aromatic N) is 3. The predicted molar refractivity (Wildman–Crippen MR) is 57.2 cm³/mol. The van der Waals surface area contributed by atoms with E-state index in [0.29, 0.717) is 11.7 Å². The zero-order valence-electron chi connectivity index (χ0n) is 9.60. The number of H-pyrrole nitrogens is 1. The molecule has 1 fully saturated rings. The second-order valence-corrected chi connectivity index (χ2v) is 4.51. The molecule has 1 aliphatic rings. The molecule has 6 nitrogen and oxygen atoms in total. The molecule has 1 heterocycles. The Morgan fingerprint density at radius 1 is 1.56 bits per heavy atom. The van der Waals surface area contributed by atoms with Crippen LogP contribution in [0.1, 0.15) is 45.0 Å². The standard InChI is InChI=1S/C10H17N5O/c1-6-4-3-5-8(6)10(16)11-7(2)9-12-14-15-13-9/h6-8H,3-5H2,1-2H3,(H,11,16)(H,12,13,14,15). The van der Waals surface area contributed by atoms with Crippen LogP contribution in [0.3, 0.4) is 0 Å². The molecule has 0 radical (unpaired) electrons. The maximum atomic E-state index is 12.0. The molecule has 1 aromatic rings. The van der Waals surface area contributed by atoms with E-state index in [1.54, 1.807) is 0 Å². The summed E-state index contributed by atoms with van der Waals surface area (Å²) in [6.45, 7) is 4.00. The monoisotopic (exact) mass is 223 g/mol. The summed E-state index contributed by atoms with van der Waals surface area (Å²) in [7, 11) is 0. The van der Waals surface area contributed by atoms with Crippen molar-refractivity contribution < 1.29 is 4.79 Å². The zero-order valence-corrected chi connectivity index (χ0v) is 9.60. The van der Waals surface area contributed by atoms with Gasteiger partial charge in [0.25, 0.3) is 0 Å². The molecular formula is C10H17N5O. The number of nitrogens with one attached hydrogen (secondary N) is 2. The summed E-state index contributed by atoms with van der Waals surface area (Å²) in [5, 5.41) is 16.5. The van der Waals surface area contributed by atoms with Gasteiger partial charge in [-0.25, -0.2) is 0 Å². The van der Waals surface area contributed by atoms with Gasteiger partial charge in [0, 0.05) is 5.92 Å². The van der Waals surface area contributed by atoms with E-state index in [9.17, 15) is 4.79 Å². The van der Waals surface area contributed by atoms with E-state index >= 15 is 0 Å². The number of tetrazole rings is 1. The van der Waals surface area contributed by atoms with E-state index in [-0.39, 0.29) is 17.9 Å². The highest BCUT2D eigenvalue weighted by Crippen LogP contribution is 2.31. The van der Waals surface area contributed by atoms with Gasteiger partial charge in [0.15, 0.2) is 5.82 Å². The molecule has 2 rings (SSSR count). The summed E-state index contributed by atoms with van der Waals surface area (Å²) in [6.07, 6.45) is 3.29. The number of hydrogen-bond donors (Lipinski definition) is 2. The maximum absolute atomic E-state index is 12.0. The van der Waals surface area contributed by atoms with Crippen LogP contribution < -0.4 is 5.32 Å². The normalized spacial score (nSPS) is 26.6. The van der Waals surface area contributed by atoms with E-state index < -0.39 is 0 Å². The minimum atomic E-state index is -0.181. The van der Waals surface area contributed by atoms with E-state index in [1.165, 1.54) is 0 Å². The minimum absolute atomic E-state index is 0.113. The summed E-state index contributed by atoms with van der Waals surface area (Å²) in [5.74, 6) is 1.27. The smallest absolute Gasteiger partial charge is 0.223 e. The number of aromatic amines is 1. The van der Waals surface area contributed by atoms with Gasteiger partial charge in [0.05, 0.1) is 6.04 Å². The summed E-state index contributed by atoms with van der Waals surface area (Å²) in [4.78, 5) is 12.0. The van der Waals surface area contributed by atoms with Crippen molar-refractivity contribution >= 4 is 5.91 Å². The fourth-order valence-corrected chi connectivity index (χ4v) is 2.27. The lowest BCUT2D eigenvalue weighted by Crippen LogP contribution is -2.34. The van der Waals surface area contributed by atoms with Crippen molar-refractivity contribution in [2.24, 2.45) is 11.8 Å². The van der Waals surface area contributed by atoms with Crippen LogP contribution in [-0.4, -0.2) is 26.5 Å². The van der Waals surface area contributed by atoms with Gasteiger partial charge in [-0.1, -0.05) is 18.6 Å². The quantitative estimate of drug-likeness (QED) is 0.794. The molecule has 0 spiro atoms. The van der Waals surface area contributed by atoms with Gasteiger partial charge < -0.3 is 5.32 Å². The molecule has 88 valence electrons. The fourth-order valence-electron chi connectivity index (χ4n) is 2.27. The third kappa shape index (κ3) is 2.20. The average Bonchev–Trinajstić information content (AvgIpc) is 2.86. The van der Waals surface area contributed by atoms with E-state index in [4.69, 9.17) is 0 Å². The molecule has 1 aromatic heterocycles.